The minimum Gasteiger partial charge on any atom is -0.367 e. The molecule has 0 spiro atoms. The molecule has 1 N–H and O–H groups in total. The maximum Gasteiger partial charge on any atom is 0.244 e. The molecule has 0 saturated carbocycles. The van der Waals surface area contributed by atoms with Crippen LogP contribution in [0.2, 0.25) is 5.02 Å². The van der Waals surface area contributed by atoms with Crippen LogP contribution in [-0.2, 0) is 10.0 Å². The van der Waals surface area contributed by atoms with E-state index in [9.17, 15) is 8.42 Å². The molecule has 0 bridgehead atoms. The molecule has 1 aromatic heterocycles. The highest BCUT2D eigenvalue weighted by atomic mass is 35.5. The lowest BCUT2D eigenvalue weighted by Crippen LogP contribution is -2.42. The van der Waals surface area contributed by atoms with Gasteiger partial charge in [-0.25, -0.2) is 18.4 Å². The Bertz CT molecular complexity index is 867. The number of rotatable bonds is 5. The summed E-state index contributed by atoms with van der Waals surface area (Å²) in [5.74, 6) is 1.57. The van der Waals surface area contributed by atoms with Gasteiger partial charge < -0.3 is 10.2 Å². The molecule has 2 heterocycles. The summed E-state index contributed by atoms with van der Waals surface area (Å²) in [7, 11) is 0.276. The standard InChI is InChI=1S/C17H22ClN5O2S/c1-22(2)17-11-16(19-12-20-17)21-13-7-9-23(10-8-13)26(24,25)15-6-4-3-5-14(15)18/h3-6,11-13H,7-10H2,1-2H3,(H,19,20,21). The van der Waals surface area contributed by atoms with Crippen LogP contribution >= 0.6 is 11.6 Å². The molecule has 1 saturated heterocycles. The summed E-state index contributed by atoms with van der Waals surface area (Å²) in [6, 6.07) is 8.60. The Morgan fingerprint density at radius 1 is 1.19 bits per heavy atom. The Balaban J connectivity index is 1.64. The van der Waals surface area contributed by atoms with Crippen LogP contribution in [0.15, 0.2) is 41.6 Å². The largest absolute Gasteiger partial charge is 0.367 e. The monoisotopic (exact) mass is 395 g/mol. The highest BCUT2D eigenvalue weighted by Crippen LogP contribution is 2.27. The summed E-state index contributed by atoms with van der Waals surface area (Å²) >= 11 is 6.07. The van der Waals surface area contributed by atoms with Gasteiger partial charge in [-0.3, -0.25) is 0 Å². The van der Waals surface area contributed by atoms with E-state index >= 15 is 0 Å². The van der Waals surface area contributed by atoms with E-state index in [0.29, 0.717) is 25.9 Å². The second-order valence-corrected chi connectivity index (χ2v) is 8.72. The molecule has 1 aromatic carbocycles. The summed E-state index contributed by atoms with van der Waals surface area (Å²) < 4.78 is 27.1. The highest BCUT2D eigenvalue weighted by molar-refractivity contribution is 7.89. The lowest BCUT2D eigenvalue weighted by atomic mass is 10.1. The van der Waals surface area contributed by atoms with E-state index in [2.05, 4.69) is 15.3 Å². The minimum atomic E-state index is -3.57. The molecule has 3 rings (SSSR count). The number of piperidine rings is 1. The molecule has 26 heavy (non-hydrogen) atoms. The van der Waals surface area contributed by atoms with Crippen molar-refractivity contribution in [3.8, 4) is 0 Å². The van der Waals surface area contributed by atoms with Crippen molar-refractivity contribution in [3.63, 3.8) is 0 Å². The van der Waals surface area contributed by atoms with Crippen LogP contribution in [0.3, 0.4) is 0 Å². The third kappa shape index (κ3) is 4.08. The first kappa shape index (κ1) is 18.9. The van der Waals surface area contributed by atoms with Crippen molar-refractivity contribution in [1.29, 1.82) is 0 Å². The van der Waals surface area contributed by atoms with E-state index in [-0.39, 0.29) is 16.0 Å². The molecule has 1 aliphatic heterocycles. The van der Waals surface area contributed by atoms with Gasteiger partial charge in [0.1, 0.15) is 22.9 Å². The molecule has 0 unspecified atom stereocenters. The predicted molar refractivity (Wildman–Crippen MR) is 103 cm³/mol. The van der Waals surface area contributed by atoms with Gasteiger partial charge in [0.25, 0.3) is 0 Å². The van der Waals surface area contributed by atoms with Crippen LogP contribution in [0.1, 0.15) is 12.8 Å². The predicted octanol–water partition coefficient (Wildman–Crippen LogP) is 2.46. The van der Waals surface area contributed by atoms with Crippen molar-refractivity contribution in [2.45, 2.75) is 23.8 Å². The van der Waals surface area contributed by atoms with Crippen LogP contribution in [0, 0.1) is 0 Å². The van der Waals surface area contributed by atoms with Crippen LogP contribution in [0.4, 0.5) is 11.6 Å². The summed E-state index contributed by atoms with van der Waals surface area (Å²) in [5.41, 5.74) is 0. The number of hydrogen-bond donors (Lipinski definition) is 1. The van der Waals surface area contributed by atoms with E-state index in [0.717, 1.165) is 11.6 Å². The smallest absolute Gasteiger partial charge is 0.244 e. The molecule has 0 atom stereocenters. The van der Waals surface area contributed by atoms with Gasteiger partial charge in [-0.15, -0.1) is 0 Å². The molecule has 9 heteroatoms. The highest BCUT2D eigenvalue weighted by Gasteiger charge is 2.30. The lowest BCUT2D eigenvalue weighted by Gasteiger charge is -2.32. The molecule has 2 aromatic rings. The zero-order chi connectivity index (χ0) is 18.7. The molecule has 140 valence electrons. The Hall–Kier alpha value is -1.90. The number of aromatic nitrogens is 2. The van der Waals surface area contributed by atoms with Crippen molar-refractivity contribution in [1.82, 2.24) is 14.3 Å². The number of benzene rings is 1. The molecule has 7 nitrogen and oxygen atoms in total. The van der Waals surface area contributed by atoms with Crippen LogP contribution in [0.5, 0.6) is 0 Å². The van der Waals surface area contributed by atoms with Gasteiger partial charge in [-0.1, -0.05) is 23.7 Å². The van der Waals surface area contributed by atoms with Crippen molar-refractivity contribution in [2.75, 3.05) is 37.4 Å². The fourth-order valence-corrected chi connectivity index (χ4v) is 4.88. The minimum absolute atomic E-state index is 0.164. The van der Waals surface area contributed by atoms with Gasteiger partial charge in [-0.2, -0.15) is 4.31 Å². The van der Waals surface area contributed by atoms with Crippen LogP contribution in [-0.4, -0.2) is 55.9 Å². The summed E-state index contributed by atoms with van der Waals surface area (Å²) in [6.45, 7) is 0.883. The van der Waals surface area contributed by atoms with Gasteiger partial charge in [0.15, 0.2) is 0 Å². The van der Waals surface area contributed by atoms with E-state index in [1.807, 2.05) is 25.1 Å². The molecule has 0 amide bonds. The van der Waals surface area contributed by atoms with E-state index in [4.69, 9.17) is 11.6 Å². The fourth-order valence-electron chi connectivity index (χ4n) is 2.91. The van der Waals surface area contributed by atoms with Gasteiger partial charge in [-0.05, 0) is 25.0 Å². The number of halogens is 1. The van der Waals surface area contributed by atoms with Crippen molar-refractivity contribution in [3.05, 3.63) is 41.7 Å². The first-order chi connectivity index (χ1) is 12.4. The van der Waals surface area contributed by atoms with E-state index in [1.165, 1.54) is 10.6 Å². The number of hydrogen-bond acceptors (Lipinski definition) is 6. The van der Waals surface area contributed by atoms with Crippen molar-refractivity contribution in [2.24, 2.45) is 0 Å². The quantitative estimate of drug-likeness (QED) is 0.837. The second-order valence-electron chi connectivity index (χ2n) is 6.41. The van der Waals surface area contributed by atoms with Gasteiger partial charge >= 0.3 is 0 Å². The SMILES string of the molecule is CN(C)c1cc(NC2CCN(S(=O)(=O)c3ccccc3Cl)CC2)ncn1. The molecule has 0 radical (unpaired) electrons. The Morgan fingerprint density at radius 2 is 1.88 bits per heavy atom. The maximum atomic E-state index is 12.8. The summed E-state index contributed by atoms with van der Waals surface area (Å²) in [4.78, 5) is 10.5. The zero-order valence-corrected chi connectivity index (χ0v) is 16.3. The first-order valence-electron chi connectivity index (χ1n) is 8.38. The van der Waals surface area contributed by atoms with Gasteiger partial charge in [0, 0.05) is 39.3 Å². The molecular weight excluding hydrogens is 374 g/mol. The lowest BCUT2D eigenvalue weighted by molar-refractivity contribution is 0.329. The Labute approximate surface area is 159 Å². The van der Waals surface area contributed by atoms with Gasteiger partial charge in [0.05, 0.1) is 5.02 Å². The zero-order valence-electron chi connectivity index (χ0n) is 14.8. The van der Waals surface area contributed by atoms with E-state index < -0.39 is 10.0 Å². The van der Waals surface area contributed by atoms with Crippen LogP contribution < -0.4 is 10.2 Å². The van der Waals surface area contributed by atoms with Crippen molar-refractivity contribution < 1.29 is 8.42 Å². The number of nitrogens with zero attached hydrogens (tertiary/aromatic N) is 4. The third-order valence-electron chi connectivity index (χ3n) is 4.37. The van der Waals surface area contributed by atoms with Crippen LogP contribution in [0.25, 0.3) is 0 Å². The molecule has 1 aliphatic rings. The third-order valence-corrected chi connectivity index (χ3v) is 6.77. The molecule has 1 fully saturated rings. The molecular formula is C17H22ClN5O2S. The van der Waals surface area contributed by atoms with Gasteiger partial charge in [0.2, 0.25) is 10.0 Å². The number of sulfonamides is 1. The summed E-state index contributed by atoms with van der Waals surface area (Å²) in [5, 5.41) is 3.63. The average Bonchev–Trinajstić information content (AvgIpc) is 2.62. The van der Waals surface area contributed by atoms with E-state index in [1.54, 1.807) is 24.3 Å². The van der Waals surface area contributed by atoms with Crippen molar-refractivity contribution >= 4 is 33.3 Å². The normalized spacial score (nSPS) is 16.4. The number of anilines is 2. The fraction of sp³-hybridized carbons (Fsp3) is 0.412. The summed E-state index contributed by atoms with van der Waals surface area (Å²) in [6.07, 6.45) is 2.92. The Morgan fingerprint density at radius 3 is 2.54 bits per heavy atom. The second kappa shape index (κ2) is 7.77. The molecule has 0 aliphatic carbocycles. The Kier molecular flexibility index (Phi) is 5.64. The number of nitrogens with one attached hydrogen (secondary N) is 1. The maximum absolute atomic E-state index is 12.8. The average molecular weight is 396 g/mol. The topological polar surface area (TPSA) is 78.4 Å². The first-order valence-corrected chi connectivity index (χ1v) is 10.2.